The maximum Gasteiger partial charge on any atom is 0.192 e. The average Bonchev–Trinajstić information content (AvgIpc) is 4.04. The fourth-order valence-electron chi connectivity index (χ4n) is 15.0. The van der Waals surface area contributed by atoms with Gasteiger partial charge in [0.1, 0.15) is 20.4 Å². The number of hydrogen-bond acceptors (Lipinski definition) is 9. The second kappa shape index (κ2) is 21.8. The minimum atomic E-state index is -2.23. The van der Waals surface area contributed by atoms with Crippen molar-refractivity contribution in [2.45, 2.75) is 218 Å². The van der Waals surface area contributed by atoms with Crippen molar-refractivity contribution >= 4 is 32.5 Å². The predicted molar refractivity (Wildman–Crippen MR) is 285 cm³/mol. The highest BCUT2D eigenvalue weighted by Gasteiger charge is 2.85. The lowest BCUT2D eigenvalue weighted by Crippen LogP contribution is -2.63. The zero-order valence-corrected chi connectivity index (χ0v) is 49.7. The minimum Gasteiger partial charge on any atom is -0.413 e. The largest absolute Gasteiger partial charge is 0.413 e. The van der Waals surface area contributed by atoms with Crippen molar-refractivity contribution < 1.29 is 43.1 Å². The van der Waals surface area contributed by atoms with E-state index in [2.05, 4.69) is 113 Å². The summed E-state index contributed by atoms with van der Waals surface area (Å²) in [4.78, 5) is 0. The second-order valence-electron chi connectivity index (χ2n) is 26.9. The molecule has 0 aliphatic heterocycles. The lowest BCUT2D eigenvalue weighted by atomic mass is 9.55. The van der Waals surface area contributed by atoms with Crippen LogP contribution in [0.15, 0.2) is 23.8 Å². The molecule has 0 aromatic rings. The van der Waals surface area contributed by atoms with Gasteiger partial charge < -0.3 is 43.1 Å². The molecule has 9 nitrogen and oxygen atoms in total. The van der Waals surface area contributed by atoms with Crippen LogP contribution in [-0.4, -0.2) is 120 Å². The van der Waals surface area contributed by atoms with Crippen molar-refractivity contribution in [2.75, 3.05) is 46.8 Å². The molecule has 0 radical (unpaired) electrons. The number of fused-ring (bicyclic) bond motifs is 2. The predicted octanol–water partition coefficient (Wildman–Crippen LogP) is 12.6. The molecular weight excluding hydrogens is 905 g/mol. The van der Waals surface area contributed by atoms with Crippen LogP contribution in [0.5, 0.6) is 0 Å². The molecule has 13 atom stereocenters. The zero-order valence-electron chi connectivity index (χ0n) is 45.7. The topological polar surface area (TPSA) is 105 Å². The highest BCUT2D eigenvalue weighted by molar-refractivity contribution is 6.76. The fraction of sp³-hybridized carbons (Fsp3) is 0.926. The van der Waals surface area contributed by atoms with E-state index in [0.29, 0.717) is 19.8 Å². The van der Waals surface area contributed by atoms with E-state index in [1.807, 2.05) is 0 Å². The van der Waals surface area contributed by atoms with E-state index in [1.165, 1.54) is 5.57 Å². The molecule has 6 aliphatic rings. The number of hydrogen-bond donors (Lipinski definition) is 2. The molecule has 0 saturated heterocycles. The van der Waals surface area contributed by atoms with E-state index >= 15 is 0 Å². The zero-order chi connectivity index (χ0) is 49.4. The Morgan fingerprint density at radius 2 is 1.27 bits per heavy atom. The van der Waals surface area contributed by atoms with Crippen molar-refractivity contribution in [1.29, 1.82) is 0 Å². The van der Waals surface area contributed by atoms with Gasteiger partial charge in [-0.25, -0.2) is 0 Å². The minimum absolute atomic E-state index is 0.0310. The van der Waals surface area contributed by atoms with Gasteiger partial charge >= 0.3 is 0 Å². The van der Waals surface area contributed by atoms with Crippen molar-refractivity contribution in [2.24, 2.45) is 51.8 Å². The van der Waals surface area contributed by atoms with Gasteiger partial charge in [-0.1, -0.05) is 103 Å². The molecule has 67 heavy (non-hydrogen) atoms. The summed E-state index contributed by atoms with van der Waals surface area (Å²) in [6, 6.07) is 6.43. The number of ether oxygens (including phenoxy) is 6. The molecule has 388 valence electrons. The number of rotatable bonds is 27. The van der Waals surface area contributed by atoms with E-state index in [4.69, 9.17) is 32.8 Å². The summed E-state index contributed by atoms with van der Waals surface area (Å²) in [5.41, 5.74) is 0.436. The molecule has 6 rings (SSSR count). The molecule has 0 unspecified atom stereocenters. The third-order valence-corrected chi connectivity index (χ3v) is 28.8. The van der Waals surface area contributed by atoms with Crippen LogP contribution < -0.4 is 0 Å². The Kier molecular flexibility index (Phi) is 18.3. The highest BCUT2D eigenvalue weighted by atomic mass is 28.4. The Labute approximate surface area is 414 Å². The standard InChI is InChI=1S/C54H102O9Si4/c1-17-67(18-2,19-3)63-48-43-23-21-41(42-22-20-40(39(4)5)47(42)56)44(43)34-52(35-55)46-25-27-54(48,52)50(61-37-58-29-32-65(11,12)13)53(46)26-24-45(49(53)60-36-57-28-31-64(8,9)10)51(6,7)62-38-59-30-33-66(14,15)16/h34,40-43,45-50,55-56H,4,17-33,35-38H2,1-3,5-16H3/t40-,41-,42+,43+,45+,46+,47+,48-,49-,50-,52-,53+,54+/m0/s1. The Balaban J connectivity index is 1.49. The van der Waals surface area contributed by atoms with E-state index in [0.717, 1.165) is 93.2 Å². The summed E-state index contributed by atoms with van der Waals surface area (Å²) >= 11 is 0. The van der Waals surface area contributed by atoms with Crippen LogP contribution in [0.25, 0.3) is 0 Å². The number of aliphatic hydroxyl groups is 2. The molecule has 1 spiro atoms. The SMILES string of the molecule is C=C(C)[C@@H]1CC[C@H]([C@@H]2CC[C@@H]3C2=C[C@]2(CO)[C@H]4CC[C@@]2([C@H]3O[Si](CC)(CC)CC)[C@@H](OCOCC[Si](C)(C)C)[C@]42CC[C@@H](C(C)(C)OCOCC[Si](C)(C)C)[C@@H]2OCOCC[Si](C)(C)C)[C@@H]1O. The molecule has 5 fully saturated rings. The molecule has 2 bridgehead atoms. The van der Waals surface area contributed by atoms with Gasteiger partial charge in [0.25, 0.3) is 0 Å². The van der Waals surface area contributed by atoms with E-state index in [1.54, 1.807) is 0 Å². The molecule has 6 aliphatic carbocycles. The Bertz CT molecular complexity index is 1660. The molecule has 13 heteroatoms. The van der Waals surface area contributed by atoms with Gasteiger partial charge in [-0.3, -0.25) is 0 Å². The van der Waals surface area contributed by atoms with Crippen LogP contribution in [0, 0.1) is 51.8 Å². The highest BCUT2D eigenvalue weighted by Crippen LogP contribution is 2.82. The van der Waals surface area contributed by atoms with Gasteiger partial charge in [-0.05, 0) is 126 Å². The maximum absolute atomic E-state index is 12.6. The van der Waals surface area contributed by atoms with Gasteiger partial charge in [0.05, 0.1) is 36.6 Å². The van der Waals surface area contributed by atoms with E-state index < -0.39 is 60.5 Å². The fourth-order valence-corrected chi connectivity index (χ4v) is 20.2. The van der Waals surface area contributed by atoms with E-state index in [-0.39, 0.29) is 80.8 Å². The first-order chi connectivity index (χ1) is 31.3. The summed E-state index contributed by atoms with van der Waals surface area (Å²) in [5.74, 6) is 0.897. The van der Waals surface area contributed by atoms with Crippen molar-refractivity contribution in [3.05, 3.63) is 23.8 Å². The molecule has 2 N–H and O–H groups in total. The van der Waals surface area contributed by atoms with Gasteiger partial charge in [-0.15, -0.1) is 0 Å². The first-order valence-corrected chi connectivity index (χ1v) is 40.9. The third kappa shape index (κ3) is 11.2. The molecule has 0 aromatic carbocycles. The molecule has 0 heterocycles. The van der Waals surface area contributed by atoms with Gasteiger partial charge in [0.15, 0.2) is 8.32 Å². The summed E-state index contributed by atoms with van der Waals surface area (Å²) in [5, 5.41) is 24.7. The Morgan fingerprint density at radius 3 is 1.79 bits per heavy atom. The van der Waals surface area contributed by atoms with Crippen LogP contribution >= 0.6 is 0 Å². The van der Waals surface area contributed by atoms with Crippen LogP contribution in [0.2, 0.25) is 95.2 Å². The normalized spacial score (nSPS) is 36.6. The van der Waals surface area contributed by atoms with Gasteiger partial charge in [0.2, 0.25) is 0 Å². The first kappa shape index (κ1) is 56.3. The van der Waals surface area contributed by atoms with Crippen molar-refractivity contribution in [3.63, 3.8) is 0 Å². The van der Waals surface area contributed by atoms with Crippen LogP contribution in [0.1, 0.15) is 92.9 Å². The second-order valence-corrected chi connectivity index (χ2v) is 48.5. The third-order valence-electron chi connectivity index (χ3n) is 19.1. The smallest absolute Gasteiger partial charge is 0.192 e. The van der Waals surface area contributed by atoms with E-state index in [9.17, 15) is 10.2 Å². The summed E-state index contributed by atoms with van der Waals surface area (Å²) in [7, 11) is -6.15. The van der Waals surface area contributed by atoms with Crippen LogP contribution in [0.3, 0.4) is 0 Å². The molecular formula is C54H102O9Si4. The lowest BCUT2D eigenvalue weighted by Gasteiger charge is -2.57. The van der Waals surface area contributed by atoms with Crippen LogP contribution in [-0.2, 0) is 32.8 Å². The number of aliphatic hydroxyl groups excluding tert-OH is 2. The summed E-state index contributed by atoms with van der Waals surface area (Å²) < 4.78 is 49.4. The van der Waals surface area contributed by atoms with Gasteiger partial charge in [0, 0.05) is 78.0 Å². The Morgan fingerprint density at radius 1 is 0.716 bits per heavy atom. The lowest BCUT2D eigenvalue weighted by molar-refractivity contribution is -0.243. The van der Waals surface area contributed by atoms with Crippen molar-refractivity contribution in [3.8, 4) is 0 Å². The maximum atomic E-state index is 12.6. The summed E-state index contributed by atoms with van der Waals surface area (Å²) in [6.45, 7) is 42.4. The monoisotopic (exact) mass is 1010 g/mol. The summed E-state index contributed by atoms with van der Waals surface area (Å²) in [6.07, 6.45) is 9.41. The molecule has 0 aromatic heterocycles. The molecule has 5 saturated carbocycles. The van der Waals surface area contributed by atoms with Gasteiger partial charge in [-0.2, -0.15) is 0 Å². The molecule has 0 amide bonds. The average molecular weight is 1010 g/mol. The quantitative estimate of drug-likeness (QED) is 0.0360. The van der Waals surface area contributed by atoms with Crippen LogP contribution in [0.4, 0.5) is 0 Å². The Hall–Kier alpha value is -0.0125. The van der Waals surface area contributed by atoms with Crippen molar-refractivity contribution in [1.82, 2.24) is 0 Å². The first-order valence-electron chi connectivity index (χ1n) is 27.3.